The lowest BCUT2D eigenvalue weighted by atomic mass is 9.88. The second-order valence-corrected chi connectivity index (χ2v) is 6.36. The highest BCUT2D eigenvalue weighted by molar-refractivity contribution is 7.99. The molecule has 2 saturated carbocycles. The van der Waals surface area contributed by atoms with Gasteiger partial charge in [-0.1, -0.05) is 6.92 Å². The standard InChI is InChI=1S/C12H23NOS/c1-3-15-12-5-4-9(8-12)13-10-6-11(7-10)14-2/h9-13H,3-8H2,1-2H3. The van der Waals surface area contributed by atoms with Crippen LogP contribution in [-0.4, -0.2) is 36.3 Å². The molecule has 0 radical (unpaired) electrons. The maximum absolute atomic E-state index is 5.30. The summed E-state index contributed by atoms with van der Waals surface area (Å²) in [5.74, 6) is 1.27. The highest BCUT2D eigenvalue weighted by atomic mass is 32.2. The fourth-order valence-electron chi connectivity index (χ4n) is 2.71. The van der Waals surface area contributed by atoms with E-state index in [-0.39, 0.29) is 0 Å². The Kier molecular flexibility index (Phi) is 4.35. The average Bonchev–Trinajstić information content (AvgIpc) is 2.59. The Hall–Kier alpha value is 0.270. The molecule has 0 aliphatic heterocycles. The van der Waals surface area contributed by atoms with Gasteiger partial charge in [0.1, 0.15) is 0 Å². The maximum atomic E-state index is 5.30. The highest BCUT2D eigenvalue weighted by Gasteiger charge is 2.33. The van der Waals surface area contributed by atoms with Gasteiger partial charge in [-0.3, -0.25) is 0 Å². The Bertz CT molecular complexity index is 194. The van der Waals surface area contributed by atoms with Crippen LogP contribution in [0.4, 0.5) is 0 Å². The summed E-state index contributed by atoms with van der Waals surface area (Å²) in [5, 5.41) is 4.70. The average molecular weight is 229 g/mol. The van der Waals surface area contributed by atoms with Crippen LogP contribution in [0.5, 0.6) is 0 Å². The molecule has 0 aromatic carbocycles. The summed E-state index contributed by atoms with van der Waals surface area (Å²) in [6, 6.07) is 1.53. The summed E-state index contributed by atoms with van der Waals surface area (Å²) >= 11 is 2.14. The third-order valence-corrected chi connectivity index (χ3v) is 4.92. The zero-order valence-corrected chi connectivity index (χ0v) is 10.7. The van der Waals surface area contributed by atoms with Crippen LogP contribution in [0.2, 0.25) is 0 Å². The van der Waals surface area contributed by atoms with Crippen molar-refractivity contribution in [3.8, 4) is 0 Å². The molecule has 0 aromatic rings. The molecule has 0 spiro atoms. The van der Waals surface area contributed by atoms with E-state index in [1.165, 1.54) is 37.9 Å². The van der Waals surface area contributed by atoms with Crippen molar-refractivity contribution in [3.05, 3.63) is 0 Å². The van der Waals surface area contributed by atoms with E-state index < -0.39 is 0 Å². The summed E-state index contributed by atoms with van der Waals surface area (Å²) < 4.78 is 5.30. The molecular formula is C12H23NOS. The summed E-state index contributed by atoms with van der Waals surface area (Å²) in [6.45, 7) is 2.26. The Morgan fingerprint density at radius 2 is 2.00 bits per heavy atom. The van der Waals surface area contributed by atoms with Crippen LogP contribution in [0.25, 0.3) is 0 Å². The molecule has 1 N–H and O–H groups in total. The molecule has 2 unspecified atom stereocenters. The third-order valence-electron chi connectivity index (χ3n) is 3.69. The monoisotopic (exact) mass is 229 g/mol. The minimum atomic E-state index is 0.532. The van der Waals surface area contributed by atoms with E-state index in [2.05, 4.69) is 24.0 Å². The Morgan fingerprint density at radius 3 is 2.67 bits per heavy atom. The van der Waals surface area contributed by atoms with E-state index in [1.54, 1.807) is 0 Å². The number of hydrogen-bond acceptors (Lipinski definition) is 3. The van der Waals surface area contributed by atoms with Crippen LogP contribution in [-0.2, 0) is 4.74 Å². The van der Waals surface area contributed by atoms with Crippen molar-refractivity contribution in [3.63, 3.8) is 0 Å². The normalized spacial score (nSPS) is 40.4. The first-order valence-electron chi connectivity index (χ1n) is 6.22. The zero-order chi connectivity index (χ0) is 10.7. The number of methoxy groups -OCH3 is 1. The molecule has 15 heavy (non-hydrogen) atoms. The first kappa shape index (κ1) is 11.7. The minimum absolute atomic E-state index is 0.532. The number of nitrogens with one attached hydrogen (secondary N) is 1. The van der Waals surface area contributed by atoms with Gasteiger partial charge in [0.15, 0.2) is 0 Å². The third kappa shape index (κ3) is 3.11. The van der Waals surface area contributed by atoms with Gasteiger partial charge in [0.05, 0.1) is 6.10 Å². The van der Waals surface area contributed by atoms with Gasteiger partial charge in [-0.05, 0) is 37.9 Å². The largest absolute Gasteiger partial charge is 0.381 e. The number of ether oxygens (including phenoxy) is 1. The topological polar surface area (TPSA) is 21.3 Å². The van der Waals surface area contributed by atoms with Gasteiger partial charge in [0.25, 0.3) is 0 Å². The second kappa shape index (κ2) is 5.55. The minimum Gasteiger partial charge on any atom is -0.381 e. The van der Waals surface area contributed by atoms with Gasteiger partial charge in [-0.2, -0.15) is 11.8 Å². The molecule has 3 heteroatoms. The van der Waals surface area contributed by atoms with Crippen molar-refractivity contribution in [1.82, 2.24) is 5.32 Å². The summed E-state index contributed by atoms with van der Waals surface area (Å²) in [7, 11) is 1.82. The molecule has 0 bridgehead atoms. The SMILES string of the molecule is CCSC1CCC(NC2CC(OC)C2)C1. The van der Waals surface area contributed by atoms with Crippen molar-refractivity contribution in [2.45, 2.75) is 62.5 Å². The molecule has 2 rings (SSSR count). The molecule has 0 amide bonds. The predicted molar refractivity (Wildman–Crippen MR) is 66.5 cm³/mol. The molecule has 88 valence electrons. The Balaban J connectivity index is 1.61. The van der Waals surface area contributed by atoms with Crippen molar-refractivity contribution in [1.29, 1.82) is 0 Å². The lowest BCUT2D eigenvalue weighted by Crippen LogP contribution is -2.48. The van der Waals surface area contributed by atoms with Crippen LogP contribution in [0.15, 0.2) is 0 Å². The summed E-state index contributed by atoms with van der Waals surface area (Å²) in [4.78, 5) is 0. The van der Waals surface area contributed by atoms with Gasteiger partial charge in [0.2, 0.25) is 0 Å². The number of thioether (sulfide) groups is 1. The molecule has 0 saturated heterocycles. The van der Waals surface area contributed by atoms with Crippen LogP contribution < -0.4 is 5.32 Å². The smallest absolute Gasteiger partial charge is 0.0601 e. The van der Waals surface area contributed by atoms with E-state index in [0.29, 0.717) is 6.10 Å². The molecule has 2 aliphatic carbocycles. The molecule has 0 heterocycles. The molecular weight excluding hydrogens is 206 g/mol. The van der Waals surface area contributed by atoms with E-state index in [0.717, 1.165) is 17.3 Å². The van der Waals surface area contributed by atoms with Crippen LogP contribution in [0, 0.1) is 0 Å². The summed E-state index contributed by atoms with van der Waals surface area (Å²) in [5.41, 5.74) is 0. The van der Waals surface area contributed by atoms with Gasteiger partial charge in [-0.25, -0.2) is 0 Å². The number of hydrogen-bond donors (Lipinski definition) is 1. The van der Waals surface area contributed by atoms with E-state index >= 15 is 0 Å². The first-order chi connectivity index (χ1) is 7.31. The van der Waals surface area contributed by atoms with Crippen molar-refractivity contribution in [2.24, 2.45) is 0 Å². The van der Waals surface area contributed by atoms with Crippen molar-refractivity contribution >= 4 is 11.8 Å². The summed E-state index contributed by atoms with van der Waals surface area (Å²) in [6.07, 6.45) is 7.15. The molecule has 2 aliphatic rings. The van der Waals surface area contributed by atoms with E-state index in [9.17, 15) is 0 Å². The number of rotatable bonds is 5. The molecule has 2 atom stereocenters. The molecule has 2 fully saturated rings. The Labute approximate surface area is 97.5 Å². The quantitative estimate of drug-likeness (QED) is 0.782. The van der Waals surface area contributed by atoms with Gasteiger partial charge >= 0.3 is 0 Å². The second-order valence-electron chi connectivity index (χ2n) is 4.78. The predicted octanol–water partition coefficient (Wildman–Crippen LogP) is 2.43. The van der Waals surface area contributed by atoms with Crippen LogP contribution in [0.1, 0.15) is 39.0 Å². The van der Waals surface area contributed by atoms with Gasteiger partial charge in [0, 0.05) is 24.4 Å². The van der Waals surface area contributed by atoms with E-state index in [4.69, 9.17) is 4.74 Å². The van der Waals surface area contributed by atoms with Crippen LogP contribution in [0.3, 0.4) is 0 Å². The maximum Gasteiger partial charge on any atom is 0.0601 e. The first-order valence-corrected chi connectivity index (χ1v) is 7.27. The van der Waals surface area contributed by atoms with Gasteiger partial charge < -0.3 is 10.1 Å². The Morgan fingerprint density at radius 1 is 1.20 bits per heavy atom. The lowest BCUT2D eigenvalue weighted by molar-refractivity contribution is 0.0144. The van der Waals surface area contributed by atoms with Crippen molar-refractivity contribution in [2.75, 3.05) is 12.9 Å². The van der Waals surface area contributed by atoms with E-state index in [1.807, 2.05) is 7.11 Å². The highest BCUT2D eigenvalue weighted by Crippen LogP contribution is 2.32. The fraction of sp³-hybridized carbons (Fsp3) is 1.00. The zero-order valence-electron chi connectivity index (χ0n) is 9.87. The van der Waals surface area contributed by atoms with Crippen LogP contribution >= 0.6 is 11.8 Å². The van der Waals surface area contributed by atoms with Crippen molar-refractivity contribution < 1.29 is 4.74 Å². The molecule has 2 nitrogen and oxygen atoms in total. The van der Waals surface area contributed by atoms with Gasteiger partial charge in [-0.15, -0.1) is 0 Å². The fourth-order valence-corrected chi connectivity index (χ4v) is 3.85. The molecule has 0 aromatic heterocycles. The lowest BCUT2D eigenvalue weighted by Gasteiger charge is -2.36.